The minimum atomic E-state index is 0.138. The number of rotatable bonds is 9. The van der Waals surface area contributed by atoms with E-state index >= 15 is 0 Å². The Bertz CT molecular complexity index is 758. The van der Waals surface area contributed by atoms with Crippen molar-refractivity contribution in [1.29, 1.82) is 0 Å². The average molecular weight is 369 g/mol. The smallest absolute Gasteiger partial charge is 0.222 e. The van der Waals surface area contributed by atoms with Crippen LogP contribution in [0.25, 0.3) is 0 Å². The predicted molar refractivity (Wildman–Crippen MR) is 110 cm³/mol. The second-order valence-electron chi connectivity index (χ2n) is 7.27. The van der Waals surface area contributed by atoms with E-state index in [4.69, 9.17) is 4.74 Å². The van der Waals surface area contributed by atoms with Gasteiger partial charge in [0.2, 0.25) is 5.91 Å². The molecular weight excluding hydrogens is 336 g/mol. The molecule has 0 N–H and O–H groups in total. The number of hydrogen-bond acceptors (Lipinski definition) is 3. The lowest BCUT2D eigenvalue weighted by molar-refractivity contribution is -0.131. The Labute approximate surface area is 163 Å². The summed E-state index contributed by atoms with van der Waals surface area (Å²) in [5.41, 5.74) is 4.64. The molecule has 1 atom stereocenters. The number of likely N-dealkylation sites (N-methyl/N-ethyl adjacent to an activating group) is 1. The summed E-state index contributed by atoms with van der Waals surface area (Å²) in [7, 11) is 1.89. The summed E-state index contributed by atoms with van der Waals surface area (Å²) in [5, 5.41) is 0. The second-order valence-corrected chi connectivity index (χ2v) is 7.27. The quantitative estimate of drug-likeness (QED) is 0.654. The van der Waals surface area contributed by atoms with Gasteiger partial charge in [0.15, 0.2) is 0 Å². The summed E-state index contributed by atoms with van der Waals surface area (Å²) in [6.45, 7) is 8.88. The molecule has 0 spiro atoms. The number of aryl methyl sites for hydroxylation is 3. The zero-order valence-corrected chi connectivity index (χ0v) is 17.3. The number of hydrogen-bond donors (Lipinski definition) is 0. The van der Waals surface area contributed by atoms with Crippen LogP contribution in [0.2, 0.25) is 0 Å². The van der Waals surface area contributed by atoms with Gasteiger partial charge < -0.3 is 9.64 Å². The van der Waals surface area contributed by atoms with Crippen LogP contribution in [-0.4, -0.2) is 35.5 Å². The number of aromatic nitrogens is 1. The maximum absolute atomic E-state index is 12.5. The Balaban J connectivity index is 1.81. The third-order valence-electron chi connectivity index (χ3n) is 4.93. The van der Waals surface area contributed by atoms with Gasteiger partial charge in [-0.25, -0.2) is 0 Å². The summed E-state index contributed by atoms with van der Waals surface area (Å²) in [5.74, 6) is 1.13. The Kier molecular flexibility index (Phi) is 7.83. The molecule has 0 aliphatic rings. The molecule has 0 radical (unpaired) electrons. The summed E-state index contributed by atoms with van der Waals surface area (Å²) in [6, 6.07) is 10.5. The SMILES string of the molecule is CCOc1ccc(CCCC(=O)N(C)[C@H](C)Cc2cc(C)ccn2)cc1C. The van der Waals surface area contributed by atoms with E-state index < -0.39 is 0 Å². The van der Waals surface area contributed by atoms with Crippen molar-refractivity contribution in [3.63, 3.8) is 0 Å². The molecule has 0 fully saturated rings. The van der Waals surface area contributed by atoms with Crippen LogP contribution < -0.4 is 4.74 Å². The number of benzene rings is 1. The monoisotopic (exact) mass is 368 g/mol. The molecule has 0 bridgehead atoms. The highest BCUT2D eigenvalue weighted by Gasteiger charge is 2.16. The number of amides is 1. The molecule has 146 valence electrons. The van der Waals surface area contributed by atoms with Gasteiger partial charge in [0.05, 0.1) is 6.61 Å². The zero-order valence-electron chi connectivity index (χ0n) is 17.3. The number of pyridine rings is 1. The van der Waals surface area contributed by atoms with E-state index in [0.29, 0.717) is 13.0 Å². The Morgan fingerprint density at radius 1 is 1.22 bits per heavy atom. The van der Waals surface area contributed by atoms with Crippen LogP contribution in [0, 0.1) is 13.8 Å². The standard InChI is InChI=1S/C23H32N2O2/c1-6-27-22-11-10-20(15-18(22)3)8-7-9-23(26)25(5)19(4)16-21-14-17(2)12-13-24-21/h10-15,19H,6-9,16H2,1-5H3/t19-/m1/s1. The van der Waals surface area contributed by atoms with Crippen molar-refractivity contribution < 1.29 is 9.53 Å². The van der Waals surface area contributed by atoms with Crippen molar-refractivity contribution in [1.82, 2.24) is 9.88 Å². The molecule has 1 amide bonds. The van der Waals surface area contributed by atoms with Crippen LogP contribution in [0.3, 0.4) is 0 Å². The first-order valence-corrected chi connectivity index (χ1v) is 9.80. The highest BCUT2D eigenvalue weighted by atomic mass is 16.5. The van der Waals surface area contributed by atoms with E-state index in [1.54, 1.807) is 0 Å². The molecule has 2 aromatic rings. The minimum Gasteiger partial charge on any atom is -0.494 e. The molecule has 27 heavy (non-hydrogen) atoms. The van der Waals surface area contributed by atoms with Gasteiger partial charge >= 0.3 is 0 Å². The van der Waals surface area contributed by atoms with Crippen LogP contribution in [0.5, 0.6) is 5.75 Å². The highest BCUT2D eigenvalue weighted by Crippen LogP contribution is 2.20. The molecule has 1 aromatic carbocycles. The average Bonchev–Trinajstić information content (AvgIpc) is 2.63. The van der Waals surface area contributed by atoms with Gasteiger partial charge in [-0.05, 0) is 75.4 Å². The topological polar surface area (TPSA) is 42.4 Å². The molecule has 0 saturated carbocycles. The maximum Gasteiger partial charge on any atom is 0.222 e. The lowest BCUT2D eigenvalue weighted by atomic mass is 10.0. The first-order valence-electron chi connectivity index (χ1n) is 9.80. The summed E-state index contributed by atoms with van der Waals surface area (Å²) in [6.07, 6.45) is 4.93. The van der Waals surface area contributed by atoms with Gasteiger partial charge in [-0.2, -0.15) is 0 Å². The van der Waals surface area contributed by atoms with Crippen molar-refractivity contribution in [3.05, 3.63) is 58.9 Å². The third-order valence-corrected chi connectivity index (χ3v) is 4.93. The lowest BCUT2D eigenvalue weighted by Crippen LogP contribution is -2.36. The van der Waals surface area contributed by atoms with Crippen LogP contribution in [0.15, 0.2) is 36.5 Å². The van der Waals surface area contributed by atoms with E-state index in [1.165, 1.54) is 11.1 Å². The minimum absolute atomic E-state index is 0.138. The van der Waals surface area contributed by atoms with Crippen molar-refractivity contribution in [2.24, 2.45) is 0 Å². The Hall–Kier alpha value is -2.36. The molecule has 2 rings (SSSR count). The van der Waals surface area contributed by atoms with E-state index in [0.717, 1.165) is 36.3 Å². The fourth-order valence-electron chi connectivity index (χ4n) is 3.20. The molecule has 0 aliphatic carbocycles. The van der Waals surface area contributed by atoms with E-state index in [1.807, 2.05) is 37.2 Å². The third kappa shape index (κ3) is 6.38. The molecule has 1 heterocycles. The first kappa shape index (κ1) is 20.9. The number of carbonyl (C=O) groups excluding carboxylic acids is 1. The van der Waals surface area contributed by atoms with E-state index in [2.05, 4.69) is 44.0 Å². The fraction of sp³-hybridized carbons (Fsp3) is 0.478. The Morgan fingerprint density at radius 3 is 2.67 bits per heavy atom. The fourth-order valence-corrected chi connectivity index (χ4v) is 3.20. The summed E-state index contributed by atoms with van der Waals surface area (Å²) in [4.78, 5) is 18.8. The molecule has 1 aromatic heterocycles. The van der Waals surface area contributed by atoms with Gasteiger partial charge in [-0.1, -0.05) is 12.1 Å². The van der Waals surface area contributed by atoms with Crippen LogP contribution in [-0.2, 0) is 17.6 Å². The number of ether oxygens (including phenoxy) is 1. The van der Waals surface area contributed by atoms with E-state index in [9.17, 15) is 4.79 Å². The molecule has 4 nitrogen and oxygen atoms in total. The molecule has 0 saturated heterocycles. The van der Waals surface area contributed by atoms with Crippen LogP contribution >= 0.6 is 0 Å². The molecule has 0 unspecified atom stereocenters. The van der Waals surface area contributed by atoms with Gasteiger partial charge in [0.1, 0.15) is 5.75 Å². The van der Waals surface area contributed by atoms with Gasteiger partial charge in [-0.15, -0.1) is 0 Å². The normalized spacial score (nSPS) is 11.9. The molecular formula is C23H32N2O2. The molecule has 4 heteroatoms. The lowest BCUT2D eigenvalue weighted by Gasteiger charge is -2.25. The highest BCUT2D eigenvalue weighted by molar-refractivity contribution is 5.76. The molecule has 0 aliphatic heterocycles. The van der Waals surface area contributed by atoms with E-state index in [-0.39, 0.29) is 11.9 Å². The number of nitrogens with zero attached hydrogens (tertiary/aromatic N) is 2. The van der Waals surface area contributed by atoms with Crippen molar-refractivity contribution in [2.45, 2.75) is 59.4 Å². The van der Waals surface area contributed by atoms with Crippen molar-refractivity contribution in [2.75, 3.05) is 13.7 Å². The zero-order chi connectivity index (χ0) is 19.8. The summed E-state index contributed by atoms with van der Waals surface area (Å²) < 4.78 is 5.58. The van der Waals surface area contributed by atoms with Gasteiger partial charge in [0.25, 0.3) is 0 Å². The van der Waals surface area contributed by atoms with Crippen LogP contribution in [0.4, 0.5) is 0 Å². The maximum atomic E-state index is 12.5. The Morgan fingerprint density at radius 2 is 2.00 bits per heavy atom. The van der Waals surface area contributed by atoms with Crippen molar-refractivity contribution in [3.8, 4) is 5.75 Å². The largest absolute Gasteiger partial charge is 0.494 e. The number of carbonyl (C=O) groups is 1. The van der Waals surface area contributed by atoms with Gasteiger partial charge in [-0.3, -0.25) is 9.78 Å². The predicted octanol–water partition coefficient (Wildman–Crippen LogP) is 4.51. The summed E-state index contributed by atoms with van der Waals surface area (Å²) >= 11 is 0. The van der Waals surface area contributed by atoms with Crippen LogP contribution in [0.1, 0.15) is 49.1 Å². The first-order chi connectivity index (χ1) is 12.9. The van der Waals surface area contributed by atoms with Gasteiger partial charge in [0, 0.05) is 37.8 Å². The second kappa shape index (κ2) is 10.1. The van der Waals surface area contributed by atoms with Crippen molar-refractivity contribution >= 4 is 5.91 Å².